The van der Waals surface area contributed by atoms with E-state index in [0.29, 0.717) is 26.1 Å². The minimum Gasteiger partial charge on any atom is -0.371 e. The Hall–Kier alpha value is -0.150. The van der Waals surface area contributed by atoms with Crippen molar-refractivity contribution in [3.8, 4) is 0 Å². The number of hydrogen-bond acceptors (Lipinski definition) is 6. The van der Waals surface area contributed by atoms with Crippen molar-refractivity contribution in [3.05, 3.63) is 16.1 Å². The van der Waals surface area contributed by atoms with Crippen LogP contribution in [0.15, 0.2) is 5.38 Å². The van der Waals surface area contributed by atoms with Crippen LogP contribution in [0.4, 0.5) is 0 Å². The Morgan fingerprint density at radius 3 is 2.91 bits per heavy atom. The van der Waals surface area contributed by atoms with Crippen molar-refractivity contribution in [3.63, 3.8) is 0 Å². The maximum atomic E-state index is 12.0. The second kappa shape index (κ2) is 6.39. The molecular weight excluding hydrogens is 340 g/mol. The van der Waals surface area contributed by atoms with E-state index in [2.05, 4.69) is 4.98 Å². The van der Waals surface area contributed by atoms with Crippen LogP contribution < -0.4 is 0 Å². The van der Waals surface area contributed by atoms with Crippen molar-refractivity contribution in [2.75, 3.05) is 24.6 Å². The largest absolute Gasteiger partial charge is 0.371 e. The SMILES string of the molecule is CCCS(=O)(=O)N1CC2(C[C@H](OCc3csc(C)n3)CS2)C1. The topological polar surface area (TPSA) is 59.5 Å². The van der Waals surface area contributed by atoms with E-state index in [0.717, 1.165) is 22.9 Å². The van der Waals surface area contributed by atoms with E-state index in [-0.39, 0.29) is 16.6 Å². The van der Waals surface area contributed by atoms with Gasteiger partial charge in [0.15, 0.2) is 0 Å². The van der Waals surface area contributed by atoms with Gasteiger partial charge < -0.3 is 4.74 Å². The lowest BCUT2D eigenvalue weighted by Crippen LogP contribution is -2.61. The van der Waals surface area contributed by atoms with Gasteiger partial charge in [0.2, 0.25) is 10.0 Å². The molecule has 8 heteroatoms. The average Bonchev–Trinajstić information content (AvgIpc) is 3.01. The van der Waals surface area contributed by atoms with Crippen LogP contribution in [-0.2, 0) is 21.4 Å². The molecule has 2 aliphatic heterocycles. The molecule has 0 aromatic carbocycles. The van der Waals surface area contributed by atoms with Crippen molar-refractivity contribution in [2.45, 2.75) is 44.1 Å². The van der Waals surface area contributed by atoms with Gasteiger partial charge >= 0.3 is 0 Å². The highest BCUT2D eigenvalue weighted by Crippen LogP contribution is 2.47. The third kappa shape index (κ3) is 3.51. The molecule has 1 spiro atoms. The zero-order valence-corrected chi connectivity index (χ0v) is 15.4. The van der Waals surface area contributed by atoms with Crippen LogP contribution in [0, 0.1) is 6.92 Å². The molecule has 5 nitrogen and oxygen atoms in total. The molecular formula is C14H22N2O3S3. The summed E-state index contributed by atoms with van der Waals surface area (Å²) in [4.78, 5) is 4.41. The lowest BCUT2D eigenvalue weighted by molar-refractivity contribution is 0.0382. The van der Waals surface area contributed by atoms with Gasteiger partial charge in [-0.15, -0.1) is 23.1 Å². The van der Waals surface area contributed by atoms with Crippen LogP contribution in [0.1, 0.15) is 30.5 Å². The quantitative estimate of drug-likeness (QED) is 0.777. The van der Waals surface area contributed by atoms with Gasteiger partial charge in [0.1, 0.15) is 0 Å². The van der Waals surface area contributed by atoms with Gasteiger partial charge in [0.05, 0.1) is 29.2 Å². The first-order valence-electron chi connectivity index (χ1n) is 7.57. The van der Waals surface area contributed by atoms with Crippen LogP contribution >= 0.6 is 23.1 Å². The third-order valence-corrected chi connectivity index (χ3v) is 8.46. The molecule has 0 aliphatic carbocycles. The molecule has 22 heavy (non-hydrogen) atoms. The van der Waals surface area contributed by atoms with E-state index in [4.69, 9.17) is 4.74 Å². The third-order valence-electron chi connectivity index (χ3n) is 4.09. The van der Waals surface area contributed by atoms with Gasteiger partial charge in [-0.3, -0.25) is 0 Å². The zero-order valence-electron chi connectivity index (χ0n) is 12.9. The molecule has 0 amide bonds. The second-order valence-electron chi connectivity index (χ2n) is 6.07. The van der Waals surface area contributed by atoms with E-state index >= 15 is 0 Å². The monoisotopic (exact) mass is 362 g/mol. The first-order chi connectivity index (χ1) is 10.4. The fraction of sp³-hybridized carbons (Fsp3) is 0.786. The fourth-order valence-electron chi connectivity index (χ4n) is 2.99. The summed E-state index contributed by atoms with van der Waals surface area (Å²) in [6, 6.07) is 0. The number of nitrogens with zero attached hydrogens (tertiary/aromatic N) is 2. The van der Waals surface area contributed by atoms with Crippen molar-refractivity contribution < 1.29 is 13.2 Å². The lowest BCUT2D eigenvalue weighted by Gasteiger charge is -2.46. The molecule has 1 atom stereocenters. The molecule has 2 fully saturated rings. The van der Waals surface area contributed by atoms with Crippen LogP contribution in [0.25, 0.3) is 0 Å². The maximum absolute atomic E-state index is 12.0. The molecule has 0 unspecified atom stereocenters. The normalized spacial score (nSPS) is 24.7. The van der Waals surface area contributed by atoms with Crippen LogP contribution in [0.2, 0.25) is 0 Å². The maximum Gasteiger partial charge on any atom is 0.214 e. The molecule has 0 bridgehead atoms. The minimum absolute atomic E-state index is 0.0868. The molecule has 0 radical (unpaired) electrons. The number of ether oxygens (including phenoxy) is 1. The number of aryl methyl sites for hydroxylation is 1. The number of thioether (sulfide) groups is 1. The number of sulfonamides is 1. The van der Waals surface area contributed by atoms with Gasteiger partial charge in [-0.05, 0) is 19.8 Å². The van der Waals surface area contributed by atoms with Crippen LogP contribution in [0.3, 0.4) is 0 Å². The molecule has 0 saturated carbocycles. The molecule has 0 N–H and O–H groups in total. The number of hydrogen-bond donors (Lipinski definition) is 0. The summed E-state index contributed by atoms with van der Waals surface area (Å²) in [5.74, 6) is 1.21. The van der Waals surface area contributed by atoms with E-state index in [1.807, 2.05) is 31.0 Å². The number of aromatic nitrogens is 1. The zero-order chi connectivity index (χ0) is 15.8. The van der Waals surface area contributed by atoms with Crippen molar-refractivity contribution in [2.24, 2.45) is 0 Å². The molecule has 3 rings (SSSR count). The second-order valence-corrected chi connectivity index (χ2v) is 10.7. The Morgan fingerprint density at radius 1 is 1.50 bits per heavy atom. The molecule has 2 saturated heterocycles. The summed E-state index contributed by atoms with van der Waals surface area (Å²) in [5, 5.41) is 3.10. The molecule has 1 aromatic heterocycles. The Labute approximate surface area is 140 Å². The van der Waals surface area contributed by atoms with E-state index in [1.54, 1.807) is 15.6 Å². The summed E-state index contributed by atoms with van der Waals surface area (Å²) in [6.07, 6.45) is 1.83. The predicted octanol–water partition coefficient (Wildman–Crippen LogP) is 2.27. The van der Waals surface area contributed by atoms with Gasteiger partial charge in [-0.2, -0.15) is 4.31 Å². The predicted molar refractivity (Wildman–Crippen MR) is 90.9 cm³/mol. The number of rotatable bonds is 6. The Morgan fingerprint density at radius 2 is 2.27 bits per heavy atom. The van der Waals surface area contributed by atoms with Gasteiger partial charge in [-0.1, -0.05) is 6.92 Å². The Balaban J connectivity index is 1.47. The highest BCUT2D eigenvalue weighted by atomic mass is 32.2. The summed E-state index contributed by atoms with van der Waals surface area (Å²) < 4.78 is 31.7. The standard InChI is InChI=1S/C14H22N2O3S3/c1-3-4-22(17,18)16-9-14(10-16)5-13(8-21-14)19-6-12-7-20-11(2)15-12/h7,13H,3-6,8-10H2,1-2H3/t13-/m0/s1. The highest BCUT2D eigenvalue weighted by molar-refractivity contribution is 8.01. The molecule has 3 heterocycles. The van der Waals surface area contributed by atoms with Crippen molar-refractivity contribution in [1.82, 2.24) is 9.29 Å². The minimum atomic E-state index is -3.04. The summed E-state index contributed by atoms with van der Waals surface area (Å²) in [6.45, 7) is 5.75. The Bertz CT molecular complexity index is 623. The van der Waals surface area contributed by atoms with E-state index in [9.17, 15) is 8.42 Å². The summed E-state index contributed by atoms with van der Waals surface area (Å²) in [5.41, 5.74) is 0.995. The van der Waals surface area contributed by atoms with Crippen molar-refractivity contribution >= 4 is 33.1 Å². The molecule has 124 valence electrons. The smallest absolute Gasteiger partial charge is 0.214 e. The lowest BCUT2D eigenvalue weighted by atomic mass is 9.95. The Kier molecular flexibility index (Phi) is 4.85. The van der Waals surface area contributed by atoms with Crippen LogP contribution in [-0.4, -0.2) is 53.2 Å². The average molecular weight is 363 g/mol. The summed E-state index contributed by atoms with van der Waals surface area (Å²) in [7, 11) is -3.04. The van der Waals surface area contributed by atoms with E-state index in [1.165, 1.54) is 0 Å². The first kappa shape index (κ1) is 16.7. The molecule has 1 aromatic rings. The van der Waals surface area contributed by atoms with Crippen LogP contribution in [0.5, 0.6) is 0 Å². The summed E-state index contributed by atoms with van der Waals surface area (Å²) >= 11 is 3.51. The van der Waals surface area contributed by atoms with Gasteiger partial charge in [0, 0.05) is 29.0 Å². The molecule has 2 aliphatic rings. The van der Waals surface area contributed by atoms with Gasteiger partial charge in [0.25, 0.3) is 0 Å². The van der Waals surface area contributed by atoms with E-state index < -0.39 is 10.0 Å². The highest BCUT2D eigenvalue weighted by Gasteiger charge is 2.52. The van der Waals surface area contributed by atoms with Gasteiger partial charge in [-0.25, -0.2) is 13.4 Å². The van der Waals surface area contributed by atoms with Crippen molar-refractivity contribution in [1.29, 1.82) is 0 Å². The number of thiazole rings is 1. The first-order valence-corrected chi connectivity index (χ1v) is 11.0. The fourth-order valence-corrected chi connectivity index (χ4v) is 6.96.